The Kier molecular flexibility index (Phi) is 5.46. The lowest BCUT2D eigenvalue weighted by Crippen LogP contribution is -2.50. The number of nitrogens with one attached hydrogen (secondary N) is 1. The fourth-order valence-corrected chi connectivity index (χ4v) is 2.27. The number of piperazine rings is 1. The van der Waals surface area contributed by atoms with Gasteiger partial charge in [-0.2, -0.15) is 0 Å². The highest BCUT2D eigenvalue weighted by atomic mass is 16.2. The largest absolute Gasteiger partial charge is 0.372 e. The molecule has 0 radical (unpaired) electrons. The summed E-state index contributed by atoms with van der Waals surface area (Å²) in [5.74, 6) is 0.581. The fraction of sp³-hybridized carbons (Fsp3) is 0.643. The number of nitrogens with zero attached hydrogens (tertiary/aromatic N) is 5. The number of rotatable bonds is 5. The summed E-state index contributed by atoms with van der Waals surface area (Å²) in [6, 6.07) is 0. The van der Waals surface area contributed by atoms with Crippen molar-refractivity contribution in [1.29, 1.82) is 0 Å². The van der Waals surface area contributed by atoms with Gasteiger partial charge in [-0.05, 0) is 14.1 Å². The van der Waals surface area contributed by atoms with Crippen molar-refractivity contribution in [3.05, 3.63) is 18.1 Å². The van der Waals surface area contributed by atoms with Gasteiger partial charge in [0.15, 0.2) is 0 Å². The molecule has 0 saturated carbocycles. The van der Waals surface area contributed by atoms with Crippen LogP contribution in [0.25, 0.3) is 0 Å². The second-order valence-corrected chi connectivity index (χ2v) is 5.48. The molecule has 0 aliphatic carbocycles. The van der Waals surface area contributed by atoms with E-state index in [0.29, 0.717) is 11.5 Å². The van der Waals surface area contributed by atoms with E-state index in [1.165, 1.54) is 6.20 Å². The van der Waals surface area contributed by atoms with Crippen LogP contribution in [0, 0.1) is 0 Å². The first kappa shape index (κ1) is 15.7. The summed E-state index contributed by atoms with van der Waals surface area (Å²) < 4.78 is 0. The lowest BCUT2D eigenvalue weighted by atomic mass is 10.2. The Morgan fingerprint density at radius 1 is 1.29 bits per heavy atom. The number of amides is 1. The number of hydrogen-bond acceptors (Lipinski definition) is 6. The quantitative estimate of drug-likeness (QED) is 0.813. The molecule has 0 unspecified atom stereocenters. The summed E-state index contributed by atoms with van der Waals surface area (Å²) in [6.07, 6.45) is 3.14. The maximum Gasteiger partial charge on any atom is 0.274 e. The van der Waals surface area contributed by atoms with E-state index in [9.17, 15) is 4.79 Å². The summed E-state index contributed by atoms with van der Waals surface area (Å²) in [5.41, 5.74) is 0.406. The van der Waals surface area contributed by atoms with E-state index in [1.807, 2.05) is 4.90 Å². The average Bonchev–Trinajstić information content (AvgIpc) is 2.52. The lowest BCUT2D eigenvalue weighted by molar-refractivity contribution is 0.0623. The molecule has 2 heterocycles. The molecule has 1 saturated heterocycles. The van der Waals surface area contributed by atoms with Crippen molar-refractivity contribution in [2.75, 3.05) is 65.7 Å². The van der Waals surface area contributed by atoms with Crippen molar-refractivity contribution >= 4 is 11.7 Å². The van der Waals surface area contributed by atoms with Crippen molar-refractivity contribution in [3.8, 4) is 0 Å². The van der Waals surface area contributed by atoms with Crippen LogP contribution in [0.15, 0.2) is 12.4 Å². The summed E-state index contributed by atoms with van der Waals surface area (Å²) in [5, 5.41) is 2.90. The minimum atomic E-state index is -0.0353. The van der Waals surface area contributed by atoms with Crippen molar-refractivity contribution in [3.63, 3.8) is 0 Å². The second-order valence-electron chi connectivity index (χ2n) is 5.48. The maximum absolute atomic E-state index is 12.4. The molecule has 1 amide bonds. The zero-order valence-corrected chi connectivity index (χ0v) is 13.0. The number of hydrogen-bond donors (Lipinski definition) is 1. The molecule has 1 aliphatic rings. The van der Waals surface area contributed by atoms with Crippen LogP contribution in [0.3, 0.4) is 0 Å². The van der Waals surface area contributed by atoms with Crippen LogP contribution in [-0.4, -0.2) is 91.0 Å². The first-order chi connectivity index (χ1) is 10.1. The van der Waals surface area contributed by atoms with Crippen LogP contribution in [-0.2, 0) is 0 Å². The van der Waals surface area contributed by atoms with E-state index in [2.05, 4.69) is 39.2 Å². The van der Waals surface area contributed by atoms with Gasteiger partial charge in [0, 0.05) is 46.3 Å². The minimum absolute atomic E-state index is 0.0353. The van der Waals surface area contributed by atoms with Gasteiger partial charge in [-0.25, -0.2) is 4.98 Å². The number of anilines is 1. The number of likely N-dealkylation sites (N-methyl/N-ethyl adjacent to an activating group) is 1. The molecule has 1 fully saturated rings. The van der Waals surface area contributed by atoms with Crippen LogP contribution < -0.4 is 5.32 Å². The Hall–Kier alpha value is -1.73. The summed E-state index contributed by atoms with van der Waals surface area (Å²) >= 11 is 0. The van der Waals surface area contributed by atoms with Crippen LogP contribution in [0.5, 0.6) is 0 Å². The second kappa shape index (κ2) is 7.33. The van der Waals surface area contributed by atoms with E-state index in [1.54, 1.807) is 13.2 Å². The molecule has 116 valence electrons. The number of aromatic nitrogens is 2. The molecule has 1 aliphatic heterocycles. The summed E-state index contributed by atoms with van der Waals surface area (Å²) in [7, 11) is 5.92. The predicted molar refractivity (Wildman–Crippen MR) is 82.5 cm³/mol. The molecule has 0 bridgehead atoms. The SMILES string of the molecule is CNc1cncc(C(=O)N2CCN(CCN(C)C)CC2)n1. The summed E-state index contributed by atoms with van der Waals surface area (Å²) in [4.78, 5) is 27.1. The van der Waals surface area contributed by atoms with Crippen LogP contribution in [0.4, 0.5) is 5.82 Å². The molecule has 0 atom stereocenters. The first-order valence-electron chi connectivity index (χ1n) is 7.26. The normalized spacial score (nSPS) is 16.3. The van der Waals surface area contributed by atoms with Crippen LogP contribution in [0.2, 0.25) is 0 Å². The van der Waals surface area contributed by atoms with Gasteiger partial charge in [-0.1, -0.05) is 0 Å². The number of carbonyl (C=O) groups is 1. The zero-order valence-electron chi connectivity index (χ0n) is 13.0. The lowest BCUT2D eigenvalue weighted by Gasteiger charge is -2.35. The Morgan fingerprint density at radius 2 is 2.00 bits per heavy atom. The molecule has 2 rings (SSSR count). The van der Waals surface area contributed by atoms with Gasteiger partial charge in [0.2, 0.25) is 0 Å². The standard InChI is InChI=1S/C14H24N6O/c1-15-13-11-16-10-12(17-13)14(21)20-8-6-19(7-9-20)5-4-18(2)3/h10-11H,4-9H2,1-3H3,(H,15,17). The molecule has 7 heteroatoms. The van der Waals surface area contributed by atoms with E-state index in [4.69, 9.17) is 0 Å². The zero-order chi connectivity index (χ0) is 15.2. The maximum atomic E-state index is 12.4. The van der Waals surface area contributed by atoms with Crippen molar-refractivity contribution in [2.24, 2.45) is 0 Å². The van der Waals surface area contributed by atoms with Gasteiger partial charge < -0.3 is 15.1 Å². The van der Waals surface area contributed by atoms with Crippen molar-refractivity contribution < 1.29 is 4.79 Å². The molecule has 0 spiro atoms. The Labute approximate surface area is 126 Å². The molecular weight excluding hydrogens is 268 g/mol. The Balaban J connectivity index is 1.88. The third-order valence-corrected chi connectivity index (χ3v) is 3.63. The van der Waals surface area contributed by atoms with E-state index in [-0.39, 0.29) is 5.91 Å². The highest BCUT2D eigenvalue weighted by Gasteiger charge is 2.23. The minimum Gasteiger partial charge on any atom is -0.372 e. The predicted octanol–water partition coefficient (Wildman–Crippen LogP) is -0.162. The van der Waals surface area contributed by atoms with Gasteiger partial charge in [-0.15, -0.1) is 0 Å². The third kappa shape index (κ3) is 4.37. The van der Waals surface area contributed by atoms with Gasteiger partial charge >= 0.3 is 0 Å². The fourth-order valence-electron chi connectivity index (χ4n) is 2.27. The molecular formula is C14H24N6O. The molecule has 0 aromatic carbocycles. The van der Waals surface area contributed by atoms with Crippen molar-refractivity contribution in [2.45, 2.75) is 0 Å². The van der Waals surface area contributed by atoms with Gasteiger partial charge in [0.05, 0.1) is 12.4 Å². The monoisotopic (exact) mass is 292 g/mol. The molecule has 1 N–H and O–H groups in total. The van der Waals surface area contributed by atoms with Crippen molar-refractivity contribution in [1.82, 2.24) is 24.7 Å². The van der Waals surface area contributed by atoms with Gasteiger partial charge in [-0.3, -0.25) is 14.7 Å². The van der Waals surface area contributed by atoms with Gasteiger partial charge in [0.25, 0.3) is 5.91 Å². The first-order valence-corrected chi connectivity index (χ1v) is 7.26. The third-order valence-electron chi connectivity index (χ3n) is 3.63. The Morgan fingerprint density at radius 3 is 2.62 bits per heavy atom. The Bertz CT molecular complexity index is 470. The van der Waals surface area contributed by atoms with Crippen LogP contribution >= 0.6 is 0 Å². The topological polar surface area (TPSA) is 64.6 Å². The molecule has 7 nitrogen and oxygen atoms in total. The molecule has 1 aromatic rings. The molecule has 1 aromatic heterocycles. The molecule has 21 heavy (non-hydrogen) atoms. The van der Waals surface area contributed by atoms with E-state index >= 15 is 0 Å². The van der Waals surface area contributed by atoms with Gasteiger partial charge in [0.1, 0.15) is 11.5 Å². The number of carbonyl (C=O) groups excluding carboxylic acids is 1. The van der Waals surface area contributed by atoms with E-state index in [0.717, 1.165) is 39.3 Å². The average molecular weight is 292 g/mol. The smallest absolute Gasteiger partial charge is 0.274 e. The highest BCUT2D eigenvalue weighted by molar-refractivity contribution is 5.92. The van der Waals surface area contributed by atoms with Crippen LogP contribution in [0.1, 0.15) is 10.5 Å². The van der Waals surface area contributed by atoms with E-state index < -0.39 is 0 Å². The summed E-state index contributed by atoms with van der Waals surface area (Å²) in [6.45, 7) is 5.42. The highest BCUT2D eigenvalue weighted by Crippen LogP contribution is 2.08.